The van der Waals surface area contributed by atoms with Gasteiger partial charge in [0.25, 0.3) is 0 Å². The van der Waals surface area contributed by atoms with Gasteiger partial charge in [-0.1, -0.05) is 357 Å². The molecule has 0 aliphatic rings. The first kappa shape index (κ1) is 97.1. The van der Waals surface area contributed by atoms with Gasteiger partial charge in [0, 0.05) is 25.7 Å². The first-order valence-corrected chi connectivity index (χ1v) is 44.3. The average Bonchev–Trinajstić information content (AvgIpc) is 1.04. The molecule has 0 aromatic carbocycles. The molecule has 0 aromatic rings. The average molecular weight is 1450 g/mol. The van der Waals surface area contributed by atoms with Crippen LogP contribution in [0.4, 0.5) is 0 Å². The van der Waals surface area contributed by atoms with E-state index in [4.69, 9.17) is 37.0 Å². The molecule has 0 aliphatic heterocycles. The van der Waals surface area contributed by atoms with Gasteiger partial charge in [0.05, 0.1) is 26.4 Å². The summed E-state index contributed by atoms with van der Waals surface area (Å²) in [5, 5.41) is 10.6. The van der Waals surface area contributed by atoms with Gasteiger partial charge in [-0.3, -0.25) is 37.3 Å². The molecular formula is C80H156O17P2. The van der Waals surface area contributed by atoms with Crippen molar-refractivity contribution >= 4 is 39.5 Å². The Morgan fingerprint density at radius 1 is 0.283 bits per heavy atom. The van der Waals surface area contributed by atoms with Gasteiger partial charge in [0.15, 0.2) is 12.2 Å². The van der Waals surface area contributed by atoms with Crippen LogP contribution in [0.3, 0.4) is 0 Å². The largest absolute Gasteiger partial charge is 0.472 e. The predicted octanol–water partition coefficient (Wildman–Crippen LogP) is 23.6. The molecule has 0 aliphatic carbocycles. The third-order valence-electron chi connectivity index (χ3n) is 19.3. The lowest BCUT2D eigenvalue weighted by atomic mass is 9.99. The SMILES string of the molecule is CCC(C)CCCCCCCCCCCCCCCCCCCCC(=O)O[C@H](COC(=O)CCCCCCCCCCCC(C)C)COP(=O)(O)OC[C@@H](O)COP(=O)(O)OC[C@@H](COC(=O)CCCCCCCCC(C)CC)OC(=O)CCCCCCCCCCCCCCC(C)C. The number of rotatable bonds is 77. The van der Waals surface area contributed by atoms with Crippen molar-refractivity contribution in [3.05, 3.63) is 0 Å². The van der Waals surface area contributed by atoms with Gasteiger partial charge in [0.2, 0.25) is 0 Å². The van der Waals surface area contributed by atoms with Crippen molar-refractivity contribution in [2.45, 2.75) is 427 Å². The van der Waals surface area contributed by atoms with Crippen LogP contribution >= 0.6 is 15.6 Å². The number of carbonyl (C=O) groups excluding carboxylic acids is 4. The van der Waals surface area contributed by atoms with E-state index in [1.54, 1.807) is 0 Å². The minimum absolute atomic E-state index is 0.106. The molecule has 0 rings (SSSR count). The fourth-order valence-corrected chi connectivity index (χ4v) is 13.8. The quantitative estimate of drug-likeness (QED) is 0.0222. The molecule has 0 spiro atoms. The smallest absolute Gasteiger partial charge is 0.462 e. The van der Waals surface area contributed by atoms with E-state index in [2.05, 4.69) is 55.4 Å². The molecule has 99 heavy (non-hydrogen) atoms. The van der Waals surface area contributed by atoms with Crippen LogP contribution in [-0.2, 0) is 65.4 Å². The fraction of sp³-hybridized carbons (Fsp3) is 0.950. The van der Waals surface area contributed by atoms with Crippen LogP contribution < -0.4 is 0 Å². The lowest BCUT2D eigenvalue weighted by Crippen LogP contribution is -2.30. The normalized spacial score (nSPS) is 14.6. The highest BCUT2D eigenvalue weighted by Crippen LogP contribution is 2.45. The summed E-state index contributed by atoms with van der Waals surface area (Å²) >= 11 is 0. The molecule has 588 valence electrons. The number of phosphoric acid groups is 2. The summed E-state index contributed by atoms with van der Waals surface area (Å²) in [6.07, 6.45) is 55.6. The molecule has 0 saturated carbocycles. The minimum Gasteiger partial charge on any atom is -0.462 e. The molecule has 3 N–H and O–H groups in total. The Bertz CT molecular complexity index is 1940. The Hall–Kier alpha value is -1.94. The van der Waals surface area contributed by atoms with E-state index in [1.165, 1.54) is 205 Å². The summed E-state index contributed by atoms with van der Waals surface area (Å²) in [7, 11) is -9.92. The van der Waals surface area contributed by atoms with E-state index >= 15 is 0 Å². The van der Waals surface area contributed by atoms with E-state index in [9.17, 15) is 43.2 Å². The maximum Gasteiger partial charge on any atom is 0.472 e. The minimum atomic E-state index is -4.96. The van der Waals surface area contributed by atoms with E-state index in [0.29, 0.717) is 25.7 Å². The standard InChI is InChI=1S/C80H156O17P2/c1-9-72(7)58-50-42-34-28-22-17-15-13-11-12-14-16-18-23-29-36-46-54-62-79(84)96-75(66-90-77(82)60-52-44-35-31-25-27-33-41-49-57-71(5)6)68-94-98(86,87)92-64-74(81)65-93-99(88,89)95-69-76(67-91-78(83)61-53-45-39-38-43-51-59-73(8)10-2)97-80(85)63-55-47-37-30-24-20-19-21-26-32-40-48-56-70(3)4/h70-76,81H,9-69H2,1-8H3,(H,86,87)(H,88,89)/t72?,73?,74-,75-,76-/m1/s1. The Morgan fingerprint density at radius 3 is 0.717 bits per heavy atom. The zero-order chi connectivity index (χ0) is 73.1. The predicted molar refractivity (Wildman–Crippen MR) is 404 cm³/mol. The molecule has 17 nitrogen and oxygen atoms in total. The van der Waals surface area contributed by atoms with Gasteiger partial charge in [0.1, 0.15) is 19.3 Å². The number of phosphoric ester groups is 2. The Morgan fingerprint density at radius 2 is 0.485 bits per heavy atom. The fourth-order valence-electron chi connectivity index (χ4n) is 12.2. The number of unbranched alkanes of at least 4 members (excludes halogenated alkanes) is 41. The first-order chi connectivity index (χ1) is 47.7. The first-order valence-electron chi connectivity index (χ1n) is 41.3. The number of hydrogen-bond donors (Lipinski definition) is 3. The van der Waals surface area contributed by atoms with Gasteiger partial charge >= 0.3 is 39.5 Å². The number of carbonyl (C=O) groups is 4. The molecule has 0 fully saturated rings. The topological polar surface area (TPSA) is 237 Å². The molecule has 4 unspecified atom stereocenters. The van der Waals surface area contributed by atoms with E-state index in [-0.39, 0.29) is 25.7 Å². The molecule has 19 heteroatoms. The Labute approximate surface area is 607 Å². The van der Waals surface area contributed by atoms with Crippen LogP contribution in [0, 0.1) is 23.7 Å². The zero-order valence-electron chi connectivity index (χ0n) is 65.1. The summed E-state index contributed by atoms with van der Waals surface area (Å²) < 4.78 is 68.6. The summed E-state index contributed by atoms with van der Waals surface area (Å²) in [6, 6.07) is 0. The van der Waals surface area contributed by atoms with E-state index < -0.39 is 97.5 Å². The van der Waals surface area contributed by atoms with Crippen molar-refractivity contribution in [2.24, 2.45) is 23.7 Å². The van der Waals surface area contributed by atoms with Gasteiger partial charge in [-0.15, -0.1) is 0 Å². The lowest BCUT2D eigenvalue weighted by molar-refractivity contribution is -0.161. The van der Waals surface area contributed by atoms with Crippen molar-refractivity contribution in [3.8, 4) is 0 Å². The molecule has 0 heterocycles. The van der Waals surface area contributed by atoms with Crippen molar-refractivity contribution in [2.75, 3.05) is 39.6 Å². The van der Waals surface area contributed by atoms with Crippen LogP contribution in [0.2, 0.25) is 0 Å². The van der Waals surface area contributed by atoms with Crippen LogP contribution in [0.1, 0.15) is 409 Å². The van der Waals surface area contributed by atoms with Crippen molar-refractivity contribution in [1.29, 1.82) is 0 Å². The number of esters is 4. The molecule has 0 bridgehead atoms. The molecule has 0 amide bonds. The zero-order valence-corrected chi connectivity index (χ0v) is 66.9. The van der Waals surface area contributed by atoms with Crippen LogP contribution in [0.15, 0.2) is 0 Å². The number of hydrogen-bond acceptors (Lipinski definition) is 15. The van der Waals surface area contributed by atoms with Crippen LogP contribution in [-0.4, -0.2) is 96.7 Å². The maximum absolute atomic E-state index is 13.1. The van der Waals surface area contributed by atoms with Gasteiger partial charge in [-0.2, -0.15) is 0 Å². The Balaban J connectivity index is 5.20. The lowest BCUT2D eigenvalue weighted by Gasteiger charge is -2.21. The second kappa shape index (κ2) is 69.1. The van der Waals surface area contributed by atoms with Gasteiger partial charge in [-0.25, -0.2) is 9.13 Å². The summed E-state index contributed by atoms with van der Waals surface area (Å²) in [5.74, 6) is 1.00. The van der Waals surface area contributed by atoms with Crippen molar-refractivity contribution in [1.82, 2.24) is 0 Å². The molecule has 0 aromatic heterocycles. The van der Waals surface area contributed by atoms with Gasteiger partial charge < -0.3 is 33.8 Å². The molecule has 7 atom stereocenters. The highest BCUT2D eigenvalue weighted by atomic mass is 31.2. The molecule has 0 saturated heterocycles. The van der Waals surface area contributed by atoms with E-state index in [0.717, 1.165) is 120 Å². The highest BCUT2D eigenvalue weighted by Gasteiger charge is 2.30. The number of aliphatic hydroxyl groups excluding tert-OH is 1. The number of aliphatic hydroxyl groups is 1. The third kappa shape index (κ3) is 71.5. The maximum atomic E-state index is 13.1. The summed E-state index contributed by atoms with van der Waals surface area (Å²) in [6.45, 7) is 14.2. The summed E-state index contributed by atoms with van der Waals surface area (Å²) in [4.78, 5) is 72.9. The molecular weight excluding hydrogens is 1290 g/mol. The number of ether oxygens (including phenoxy) is 4. The highest BCUT2D eigenvalue weighted by molar-refractivity contribution is 7.47. The summed E-state index contributed by atoms with van der Waals surface area (Å²) in [5.41, 5.74) is 0. The second-order valence-corrected chi connectivity index (χ2v) is 33.1. The van der Waals surface area contributed by atoms with Crippen LogP contribution in [0.5, 0.6) is 0 Å². The third-order valence-corrected chi connectivity index (χ3v) is 21.2. The second-order valence-electron chi connectivity index (χ2n) is 30.2. The van der Waals surface area contributed by atoms with Gasteiger partial charge in [-0.05, 0) is 49.4 Å². The van der Waals surface area contributed by atoms with E-state index in [1.807, 2.05) is 0 Å². The van der Waals surface area contributed by atoms with Crippen LogP contribution in [0.25, 0.3) is 0 Å². The monoisotopic (exact) mass is 1450 g/mol. The van der Waals surface area contributed by atoms with Crippen molar-refractivity contribution < 1.29 is 80.2 Å². The Kier molecular flexibility index (Phi) is 67.8. The van der Waals surface area contributed by atoms with Crippen molar-refractivity contribution in [3.63, 3.8) is 0 Å². The molecule has 0 radical (unpaired) electrons.